The van der Waals surface area contributed by atoms with Crippen molar-refractivity contribution < 1.29 is 9.90 Å². The predicted molar refractivity (Wildman–Crippen MR) is 89.3 cm³/mol. The number of hydrogen-bond donors (Lipinski definition) is 3. The van der Waals surface area contributed by atoms with Gasteiger partial charge in [-0.1, -0.05) is 24.3 Å². The van der Waals surface area contributed by atoms with Crippen LogP contribution in [0.4, 0.5) is 0 Å². The second-order valence-corrected chi connectivity index (χ2v) is 6.15. The van der Waals surface area contributed by atoms with Crippen LogP contribution in [-0.4, -0.2) is 22.5 Å². The smallest absolute Gasteiger partial charge is 0.251 e. The monoisotopic (exact) mass is 306 g/mol. The van der Waals surface area contributed by atoms with E-state index < -0.39 is 5.60 Å². The molecule has 116 valence electrons. The Kier molecular flexibility index (Phi) is 3.20. The second-order valence-electron chi connectivity index (χ2n) is 6.15. The van der Waals surface area contributed by atoms with Crippen molar-refractivity contribution in [3.05, 3.63) is 71.4 Å². The molecule has 0 fully saturated rings. The maximum absolute atomic E-state index is 12.4. The van der Waals surface area contributed by atoms with Gasteiger partial charge in [0.2, 0.25) is 0 Å². The Hall–Kier alpha value is -2.59. The van der Waals surface area contributed by atoms with E-state index in [1.807, 2.05) is 48.7 Å². The highest BCUT2D eigenvalue weighted by molar-refractivity contribution is 5.98. The molecular weight excluding hydrogens is 288 g/mol. The third-order valence-corrected chi connectivity index (χ3v) is 4.68. The molecule has 3 N–H and O–H groups in total. The summed E-state index contributed by atoms with van der Waals surface area (Å²) in [4.78, 5) is 15.5. The maximum Gasteiger partial charge on any atom is 0.251 e. The molecule has 1 atom stereocenters. The summed E-state index contributed by atoms with van der Waals surface area (Å²) in [6, 6.07) is 15.4. The fourth-order valence-electron chi connectivity index (χ4n) is 3.38. The van der Waals surface area contributed by atoms with Crippen molar-refractivity contribution in [3.8, 4) is 0 Å². The van der Waals surface area contributed by atoms with Crippen LogP contribution in [0.3, 0.4) is 0 Å². The predicted octanol–water partition coefficient (Wildman–Crippen LogP) is 2.73. The summed E-state index contributed by atoms with van der Waals surface area (Å²) in [6.45, 7) is 0.230. The van der Waals surface area contributed by atoms with Gasteiger partial charge in [-0.2, -0.15) is 0 Å². The van der Waals surface area contributed by atoms with Crippen LogP contribution in [0.15, 0.2) is 54.7 Å². The molecule has 4 rings (SSSR count). The summed E-state index contributed by atoms with van der Waals surface area (Å²) in [6.07, 6.45) is 3.34. The topological polar surface area (TPSA) is 65.1 Å². The van der Waals surface area contributed by atoms with Gasteiger partial charge in [0.15, 0.2) is 0 Å². The van der Waals surface area contributed by atoms with E-state index >= 15 is 0 Å². The van der Waals surface area contributed by atoms with Crippen molar-refractivity contribution in [2.24, 2.45) is 0 Å². The minimum absolute atomic E-state index is 0.161. The minimum atomic E-state index is -0.968. The molecule has 1 amide bonds. The molecule has 1 aliphatic carbocycles. The van der Waals surface area contributed by atoms with Crippen molar-refractivity contribution in [2.75, 3.05) is 6.54 Å². The molecule has 4 heteroatoms. The first-order valence-electron chi connectivity index (χ1n) is 7.82. The Bertz CT molecular complexity index is 884. The van der Waals surface area contributed by atoms with E-state index in [0.29, 0.717) is 12.0 Å². The number of aryl methyl sites for hydroxylation is 1. The molecule has 1 aromatic heterocycles. The summed E-state index contributed by atoms with van der Waals surface area (Å²) < 4.78 is 0. The molecular formula is C19H18N2O2. The molecule has 23 heavy (non-hydrogen) atoms. The first kappa shape index (κ1) is 14.0. The molecule has 1 unspecified atom stereocenters. The number of rotatable bonds is 3. The van der Waals surface area contributed by atoms with Crippen molar-refractivity contribution in [2.45, 2.75) is 18.4 Å². The lowest BCUT2D eigenvalue weighted by Crippen LogP contribution is -2.39. The molecule has 0 saturated carbocycles. The second kappa shape index (κ2) is 5.25. The number of hydrogen-bond acceptors (Lipinski definition) is 2. The highest BCUT2D eigenvalue weighted by atomic mass is 16.3. The lowest BCUT2D eigenvalue weighted by Gasteiger charge is -2.24. The molecule has 2 aromatic carbocycles. The van der Waals surface area contributed by atoms with Gasteiger partial charge in [-0.05, 0) is 48.2 Å². The van der Waals surface area contributed by atoms with Gasteiger partial charge in [0.25, 0.3) is 5.91 Å². The Morgan fingerprint density at radius 2 is 2.09 bits per heavy atom. The van der Waals surface area contributed by atoms with E-state index in [1.165, 1.54) is 0 Å². The van der Waals surface area contributed by atoms with Gasteiger partial charge in [0.1, 0.15) is 5.60 Å². The number of H-pyrrole nitrogens is 1. The Balaban J connectivity index is 1.51. The first-order valence-corrected chi connectivity index (χ1v) is 7.82. The van der Waals surface area contributed by atoms with E-state index in [1.54, 1.807) is 6.07 Å². The largest absolute Gasteiger partial charge is 0.383 e. The summed E-state index contributed by atoms with van der Waals surface area (Å²) in [5, 5.41) is 14.7. The average molecular weight is 306 g/mol. The Morgan fingerprint density at radius 1 is 1.22 bits per heavy atom. The van der Waals surface area contributed by atoms with Gasteiger partial charge in [-0.15, -0.1) is 0 Å². The SMILES string of the molecule is O=C(NCC1(O)CCc2ccccc21)c1ccc2[nH]ccc2c1. The van der Waals surface area contributed by atoms with Crippen LogP contribution in [-0.2, 0) is 12.0 Å². The van der Waals surface area contributed by atoms with Crippen LogP contribution in [0.5, 0.6) is 0 Å². The van der Waals surface area contributed by atoms with Gasteiger partial charge in [-0.3, -0.25) is 4.79 Å². The standard InChI is InChI=1S/C19H18N2O2/c22-18(15-5-6-17-14(11-15)8-10-20-17)21-12-19(23)9-7-13-3-1-2-4-16(13)19/h1-6,8,10-11,20,23H,7,9,12H2,(H,21,22). The zero-order valence-corrected chi connectivity index (χ0v) is 12.7. The van der Waals surface area contributed by atoms with Gasteiger partial charge in [0, 0.05) is 22.7 Å². The highest BCUT2D eigenvalue weighted by Crippen LogP contribution is 2.36. The minimum Gasteiger partial charge on any atom is -0.383 e. The van der Waals surface area contributed by atoms with Gasteiger partial charge in [0.05, 0.1) is 6.54 Å². The number of fused-ring (bicyclic) bond motifs is 2. The van der Waals surface area contributed by atoms with Gasteiger partial charge >= 0.3 is 0 Å². The van der Waals surface area contributed by atoms with Crippen LogP contribution in [0.2, 0.25) is 0 Å². The zero-order chi connectivity index (χ0) is 15.9. The molecule has 0 saturated heterocycles. The molecule has 3 aromatic rings. The number of nitrogens with one attached hydrogen (secondary N) is 2. The third kappa shape index (κ3) is 2.41. The Labute approximate surface area is 134 Å². The summed E-state index contributed by atoms with van der Waals surface area (Å²) in [5.41, 5.74) is 2.74. The molecule has 0 aliphatic heterocycles. The van der Waals surface area contributed by atoms with Crippen LogP contribution in [0, 0.1) is 0 Å². The number of benzene rings is 2. The van der Waals surface area contributed by atoms with E-state index in [9.17, 15) is 9.90 Å². The van der Waals surface area contributed by atoms with Crippen molar-refractivity contribution in [1.82, 2.24) is 10.3 Å². The van der Waals surface area contributed by atoms with Crippen molar-refractivity contribution >= 4 is 16.8 Å². The summed E-state index contributed by atoms with van der Waals surface area (Å²) >= 11 is 0. The highest BCUT2D eigenvalue weighted by Gasteiger charge is 2.36. The third-order valence-electron chi connectivity index (χ3n) is 4.68. The van der Waals surface area contributed by atoms with Gasteiger partial charge < -0.3 is 15.4 Å². The lowest BCUT2D eigenvalue weighted by atomic mass is 9.96. The molecule has 0 bridgehead atoms. The molecule has 0 radical (unpaired) electrons. The number of aliphatic hydroxyl groups is 1. The molecule has 1 heterocycles. The summed E-state index contributed by atoms with van der Waals surface area (Å²) in [7, 11) is 0. The quantitative estimate of drug-likeness (QED) is 0.696. The molecule has 0 spiro atoms. The average Bonchev–Trinajstić information content (AvgIpc) is 3.18. The number of aromatic amines is 1. The maximum atomic E-state index is 12.4. The van der Waals surface area contributed by atoms with Crippen molar-refractivity contribution in [1.29, 1.82) is 0 Å². The van der Waals surface area contributed by atoms with E-state index in [-0.39, 0.29) is 12.5 Å². The van der Waals surface area contributed by atoms with Crippen LogP contribution >= 0.6 is 0 Å². The number of amides is 1. The first-order chi connectivity index (χ1) is 11.2. The van der Waals surface area contributed by atoms with Gasteiger partial charge in [-0.25, -0.2) is 0 Å². The molecule has 1 aliphatic rings. The normalized spacial score (nSPS) is 19.7. The lowest BCUT2D eigenvalue weighted by molar-refractivity contribution is 0.0369. The fourth-order valence-corrected chi connectivity index (χ4v) is 3.38. The van der Waals surface area contributed by atoms with E-state index in [4.69, 9.17) is 0 Å². The fraction of sp³-hybridized carbons (Fsp3) is 0.211. The Morgan fingerprint density at radius 3 is 3.00 bits per heavy atom. The van der Waals surface area contributed by atoms with Crippen LogP contribution < -0.4 is 5.32 Å². The number of aromatic nitrogens is 1. The van der Waals surface area contributed by atoms with Crippen LogP contribution in [0.25, 0.3) is 10.9 Å². The van der Waals surface area contributed by atoms with E-state index in [2.05, 4.69) is 10.3 Å². The number of carbonyl (C=O) groups excluding carboxylic acids is 1. The molecule has 4 nitrogen and oxygen atoms in total. The zero-order valence-electron chi connectivity index (χ0n) is 12.7. The number of carbonyl (C=O) groups is 1. The van der Waals surface area contributed by atoms with E-state index in [0.717, 1.165) is 28.5 Å². The van der Waals surface area contributed by atoms with Crippen molar-refractivity contribution in [3.63, 3.8) is 0 Å². The van der Waals surface area contributed by atoms with Crippen LogP contribution in [0.1, 0.15) is 27.9 Å². The summed E-state index contributed by atoms with van der Waals surface area (Å²) in [5.74, 6) is -0.161.